The van der Waals surface area contributed by atoms with Gasteiger partial charge in [-0.05, 0) is 78.0 Å². The smallest absolute Gasteiger partial charge is 0.441 e. The number of aromatic nitrogens is 1. The van der Waals surface area contributed by atoms with Gasteiger partial charge in [-0.1, -0.05) is 62.7 Å². The number of aryl methyl sites for hydroxylation is 1. The summed E-state index contributed by atoms with van der Waals surface area (Å²) in [7, 11) is 0. The molecule has 0 spiro atoms. The van der Waals surface area contributed by atoms with Crippen molar-refractivity contribution < 1.29 is 48.7 Å². The Morgan fingerprint density at radius 3 is 2.22 bits per heavy atom. The molecule has 1 atom stereocenters. The summed E-state index contributed by atoms with van der Waals surface area (Å²) in [6, 6.07) is 23.3. The monoisotopic (exact) mass is 576 g/mol. The zero-order valence-corrected chi connectivity index (χ0v) is 25.8. The molecule has 2 aliphatic carbocycles. The van der Waals surface area contributed by atoms with E-state index >= 15 is 0 Å². The fourth-order valence-corrected chi connectivity index (χ4v) is 6.11. The van der Waals surface area contributed by atoms with Crippen LogP contribution < -0.4 is 34.9 Å². The Hall–Kier alpha value is -3.19. The minimum absolute atomic E-state index is 0. The third-order valence-electron chi connectivity index (χ3n) is 7.28. The quantitative estimate of drug-likeness (QED) is 0.247. The molecule has 6 rings (SSSR count). The van der Waals surface area contributed by atoms with Gasteiger partial charge in [0.25, 0.3) is 0 Å². The normalized spacial score (nSPS) is 13.3. The summed E-state index contributed by atoms with van der Waals surface area (Å²) in [6.45, 7) is 3.82. The second kappa shape index (κ2) is 14.6. The van der Waals surface area contributed by atoms with Gasteiger partial charge in [0.15, 0.2) is 0 Å². The summed E-state index contributed by atoms with van der Waals surface area (Å²) >= 11 is 1.44. The number of carbonyl (C=O) groups is 1. The summed E-state index contributed by atoms with van der Waals surface area (Å²) in [6.07, 6.45) is 5.20. The standard InChI is InChI=1S/C31H29N2O2S.CO2.CH4.Na/c1-19-29(32-31(34)35-20(2)21-7-4-3-5-8-21)30(36-33-19)28-18-17-25(26-9-6-10-27(26)28)24-15-13-23(14-16-24)22-11-12-22;2-1-3;;/h3-5,7-8,13-18,20H,6,9-12H2,1-2H3,(H,32,34);;1H4;/q-1;;;+1/t20-;;;/m1.../s1. The van der Waals surface area contributed by atoms with Crippen molar-refractivity contribution in [2.75, 3.05) is 5.32 Å². The molecule has 8 heteroatoms. The first-order valence-electron chi connectivity index (χ1n) is 13.1. The fraction of sp³-hybridized carbons (Fsp3) is 0.273. The van der Waals surface area contributed by atoms with E-state index < -0.39 is 6.09 Å². The van der Waals surface area contributed by atoms with Crippen molar-refractivity contribution in [2.24, 2.45) is 0 Å². The van der Waals surface area contributed by atoms with E-state index in [1.165, 1.54) is 57.8 Å². The van der Waals surface area contributed by atoms with Gasteiger partial charge < -0.3 is 4.74 Å². The van der Waals surface area contributed by atoms with E-state index in [-0.39, 0.29) is 49.2 Å². The molecule has 2 aliphatic rings. The first-order valence-corrected chi connectivity index (χ1v) is 13.9. The van der Waals surface area contributed by atoms with Gasteiger partial charge in [0.1, 0.15) is 6.10 Å². The fourth-order valence-electron chi connectivity index (χ4n) is 5.21. The third-order valence-corrected chi connectivity index (χ3v) is 8.25. The first kappa shape index (κ1) is 32.3. The van der Waals surface area contributed by atoms with Gasteiger partial charge in [0, 0.05) is 0 Å². The van der Waals surface area contributed by atoms with Gasteiger partial charge in [0.2, 0.25) is 0 Å². The Morgan fingerprint density at radius 2 is 1.59 bits per heavy atom. The maximum absolute atomic E-state index is 12.8. The van der Waals surface area contributed by atoms with Crippen molar-refractivity contribution in [2.45, 2.75) is 59.5 Å². The molecule has 0 unspecified atom stereocenters. The summed E-state index contributed by atoms with van der Waals surface area (Å²) < 4.78 is 10.3. The van der Waals surface area contributed by atoms with E-state index in [0.717, 1.165) is 41.1 Å². The van der Waals surface area contributed by atoms with Crippen molar-refractivity contribution in [1.82, 2.24) is 4.37 Å². The summed E-state index contributed by atoms with van der Waals surface area (Å²) in [5, 5.41) is 3.00. The van der Waals surface area contributed by atoms with Gasteiger partial charge in [-0.3, -0.25) is 5.32 Å². The molecule has 1 aromatic heterocycles. The number of benzene rings is 3. The van der Waals surface area contributed by atoms with Gasteiger partial charge in [-0.25, -0.2) is 4.79 Å². The third kappa shape index (κ3) is 7.37. The largest absolute Gasteiger partial charge is 1.00 e. The Bertz CT molecular complexity index is 1510. The van der Waals surface area contributed by atoms with Crippen molar-refractivity contribution in [1.29, 1.82) is 0 Å². The minimum atomic E-state index is -0.460. The summed E-state index contributed by atoms with van der Waals surface area (Å²) in [4.78, 5) is 30.1. The average molecular weight is 577 g/mol. The van der Waals surface area contributed by atoms with Crippen molar-refractivity contribution in [3.63, 3.8) is 0 Å². The Morgan fingerprint density at radius 1 is 0.976 bits per heavy atom. The molecule has 206 valence electrons. The zero-order valence-electron chi connectivity index (χ0n) is 23.0. The predicted octanol–water partition coefficient (Wildman–Crippen LogP) is 5.36. The number of amides is 1. The van der Waals surface area contributed by atoms with Crippen LogP contribution in [0.1, 0.15) is 67.7 Å². The van der Waals surface area contributed by atoms with Crippen LogP contribution in [0, 0.1) is 12.8 Å². The second-order valence-electron chi connectivity index (χ2n) is 9.79. The van der Waals surface area contributed by atoms with E-state index in [2.05, 4.69) is 46.1 Å². The molecule has 1 fully saturated rings. The Labute approximate surface area is 268 Å². The number of carbonyl (C=O) groups excluding carboxylic acids is 3. The SMILES string of the molecule is C.Cc1nsc(-c2ccc(-c3ccc([C-]4CC4)cc3)c3c2CCC3)c1NC(=O)O[C@H](C)c1ccccc1.O=C=O.[Na+]. The molecule has 3 aromatic carbocycles. The number of anilines is 1. The molecule has 1 amide bonds. The summed E-state index contributed by atoms with van der Waals surface area (Å²) in [5.74, 6) is 1.57. The number of hydrogen-bond acceptors (Lipinski definition) is 6. The molecule has 1 saturated carbocycles. The first-order chi connectivity index (χ1) is 19.0. The molecule has 1 N–H and O–H groups in total. The minimum Gasteiger partial charge on any atom is -0.441 e. The maximum atomic E-state index is 12.8. The molecule has 0 saturated heterocycles. The average Bonchev–Trinajstić information content (AvgIpc) is 3.58. The van der Waals surface area contributed by atoms with Gasteiger partial charge in [-0.15, -0.1) is 12.1 Å². The van der Waals surface area contributed by atoms with E-state index in [4.69, 9.17) is 14.3 Å². The molecule has 4 aromatic rings. The number of rotatable bonds is 6. The van der Waals surface area contributed by atoms with Crippen LogP contribution in [0.3, 0.4) is 0 Å². The van der Waals surface area contributed by atoms with E-state index in [9.17, 15) is 4.79 Å². The number of hydrogen-bond donors (Lipinski definition) is 1. The number of fused-ring (bicyclic) bond motifs is 1. The van der Waals surface area contributed by atoms with Crippen LogP contribution in [-0.4, -0.2) is 16.6 Å². The molecule has 0 aliphatic heterocycles. The van der Waals surface area contributed by atoms with Gasteiger partial charge >= 0.3 is 41.8 Å². The van der Waals surface area contributed by atoms with Crippen molar-refractivity contribution in [3.8, 4) is 21.6 Å². The van der Waals surface area contributed by atoms with Crippen LogP contribution in [-0.2, 0) is 27.2 Å². The van der Waals surface area contributed by atoms with Crippen LogP contribution in [0.25, 0.3) is 21.6 Å². The van der Waals surface area contributed by atoms with Crippen LogP contribution in [0.4, 0.5) is 10.5 Å². The van der Waals surface area contributed by atoms with Crippen molar-refractivity contribution in [3.05, 3.63) is 101 Å². The molecule has 41 heavy (non-hydrogen) atoms. The van der Waals surface area contributed by atoms with Crippen LogP contribution in [0.2, 0.25) is 0 Å². The second-order valence-corrected chi connectivity index (χ2v) is 10.6. The Balaban J connectivity index is 0.000000887. The van der Waals surface area contributed by atoms with Crippen molar-refractivity contribution >= 4 is 29.5 Å². The molecular weight excluding hydrogens is 543 g/mol. The van der Waals surface area contributed by atoms with Gasteiger partial charge in [0.05, 0.1) is 16.3 Å². The Kier molecular flexibility index (Phi) is 11.5. The number of ether oxygens (including phenoxy) is 1. The number of nitrogens with one attached hydrogen (secondary N) is 1. The summed E-state index contributed by atoms with van der Waals surface area (Å²) in [5.41, 5.74) is 10.5. The molecular formula is C33H33N2NaO4S. The molecule has 1 heterocycles. The predicted molar refractivity (Wildman–Crippen MR) is 158 cm³/mol. The van der Waals surface area contributed by atoms with E-state index in [1.54, 1.807) is 5.92 Å². The topological polar surface area (TPSA) is 85.4 Å². The van der Waals surface area contributed by atoms with Crippen LogP contribution >= 0.6 is 11.5 Å². The van der Waals surface area contributed by atoms with Crippen LogP contribution in [0.15, 0.2) is 66.7 Å². The maximum Gasteiger partial charge on any atom is 1.00 e. The molecule has 0 bridgehead atoms. The molecule has 0 radical (unpaired) electrons. The van der Waals surface area contributed by atoms with E-state index in [1.807, 2.05) is 44.2 Å². The zero-order chi connectivity index (χ0) is 27.4. The number of nitrogens with zero attached hydrogens (tertiary/aromatic N) is 1. The van der Waals surface area contributed by atoms with E-state index in [0.29, 0.717) is 0 Å². The van der Waals surface area contributed by atoms with Crippen LogP contribution in [0.5, 0.6) is 0 Å². The molecule has 6 nitrogen and oxygen atoms in total. The van der Waals surface area contributed by atoms with Gasteiger partial charge in [-0.2, -0.15) is 37.6 Å².